The largest absolute Gasteiger partial charge is 0.478 e. The highest BCUT2D eigenvalue weighted by Gasteiger charge is 2.14. The summed E-state index contributed by atoms with van der Waals surface area (Å²) >= 11 is 0. The fraction of sp³-hybridized carbons (Fsp3) is 0.778. The van der Waals surface area contributed by atoms with Crippen LogP contribution in [0.1, 0.15) is 117 Å². The van der Waals surface area contributed by atoms with Gasteiger partial charge in [-0.2, -0.15) is 0 Å². The Morgan fingerprint density at radius 2 is 1.48 bits per heavy atom. The summed E-state index contributed by atoms with van der Waals surface area (Å²) in [5.41, 5.74) is 0. The first kappa shape index (κ1) is 29.4. The molecule has 0 aromatic rings. The van der Waals surface area contributed by atoms with Gasteiger partial charge >= 0.3 is 5.97 Å². The molecule has 0 aromatic carbocycles. The van der Waals surface area contributed by atoms with Crippen molar-refractivity contribution < 1.29 is 9.90 Å². The number of rotatable bonds is 19. The minimum absolute atomic E-state index is 0.537. The van der Waals surface area contributed by atoms with Crippen molar-refractivity contribution >= 4 is 11.8 Å². The van der Waals surface area contributed by atoms with E-state index in [9.17, 15) is 4.79 Å². The predicted octanol–water partition coefficient (Wildman–Crippen LogP) is 7.70. The Labute approximate surface area is 192 Å². The maximum absolute atomic E-state index is 9.25. The van der Waals surface area contributed by atoms with Crippen molar-refractivity contribution in [3.8, 4) is 0 Å². The molecule has 1 aliphatic rings. The van der Waals surface area contributed by atoms with Gasteiger partial charge in [-0.25, -0.2) is 4.79 Å². The van der Waals surface area contributed by atoms with Gasteiger partial charge in [-0.15, -0.1) is 0 Å². The van der Waals surface area contributed by atoms with Gasteiger partial charge in [0, 0.05) is 18.5 Å². The molecule has 31 heavy (non-hydrogen) atoms. The summed E-state index contributed by atoms with van der Waals surface area (Å²) in [4.78, 5) is 13.9. The number of carboxylic acids is 1. The molecule has 0 spiro atoms. The summed E-state index contributed by atoms with van der Waals surface area (Å²) in [6, 6.07) is 0. The second kappa shape index (κ2) is 23.1. The Morgan fingerprint density at radius 3 is 1.94 bits per heavy atom. The number of nitrogens with zero attached hydrogens (tertiary/aromatic N) is 1. The topological polar surface area (TPSA) is 61.7 Å². The summed E-state index contributed by atoms with van der Waals surface area (Å²) in [5.74, 6) is 0.796. The number of aliphatic carboxylic acids is 1. The third kappa shape index (κ3) is 20.1. The van der Waals surface area contributed by atoms with E-state index in [1.165, 1.54) is 109 Å². The van der Waals surface area contributed by atoms with Gasteiger partial charge in [0.2, 0.25) is 0 Å². The van der Waals surface area contributed by atoms with Crippen molar-refractivity contribution in [2.45, 2.75) is 117 Å². The van der Waals surface area contributed by atoms with Gasteiger partial charge in [-0.3, -0.25) is 4.99 Å². The van der Waals surface area contributed by atoms with Crippen LogP contribution in [0.4, 0.5) is 0 Å². The van der Waals surface area contributed by atoms with Gasteiger partial charge in [-0.1, -0.05) is 116 Å². The molecule has 0 fully saturated rings. The molecule has 1 atom stereocenters. The zero-order chi connectivity index (χ0) is 23.0. The summed E-state index contributed by atoms with van der Waals surface area (Å²) in [7, 11) is 0. The molecule has 1 heterocycles. The van der Waals surface area contributed by atoms with Gasteiger partial charge in [0.25, 0.3) is 0 Å². The number of aliphatic imine (C=N–C) groups is 1. The van der Waals surface area contributed by atoms with Crippen molar-refractivity contribution in [3.63, 3.8) is 0 Å². The molecule has 0 aromatic heterocycles. The zero-order valence-electron chi connectivity index (χ0n) is 20.5. The predicted molar refractivity (Wildman–Crippen MR) is 136 cm³/mol. The lowest BCUT2D eigenvalue weighted by molar-refractivity contribution is -0.131. The molecule has 0 saturated carbocycles. The standard InChI is InChI=1S/C24H46N2.C3H4O2/c1-3-5-7-8-9-10-11-12-13-14-15-16-17-18-20-23(19-6-4-2)24-25-21-22-26-24;1-2-3(4)5/h18,20,23H,3-17,19,21-22H2,1-2H3,(H,25,26);2H,1H2,(H,4,5). The smallest absolute Gasteiger partial charge is 0.327 e. The number of nitrogens with one attached hydrogen (secondary N) is 1. The fourth-order valence-electron chi connectivity index (χ4n) is 3.78. The average Bonchev–Trinajstić information content (AvgIpc) is 3.31. The maximum Gasteiger partial charge on any atom is 0.327 e. The van der Waals surface area contributed by atoms with E-state index in [1.54, 1.807) is 0 Å². The fourth-order valence-corrected chi connectivity index (χ4v) is 3.78. The van der Waals surface area contributed by atoms with Crippen LogP contribution in [0.25, 0.3) is 0 Å². The molecule has 1 unspecified atom stereocenters. The van der Waals surface area contributed by atoms with E-state index in [1.807, 2.05) is 0 Å². The van der Waals surface area contributed by atoms with E-state index in [-0.39, 0.29) is 0 Å². The molecular formula is C27H50N2O2. The van der Waals surface area contributed by atoms with Crippen molar-refractivity contribution in [1.82, 2.24) is 5.32 Å². The molecule has 1 aliphatic heterocycles. The van der Waals surface area contributed by atoms with Crippen LogP contribution in [0, 0.1) is 5.92 Å². The minimum Gasteiger partial charge on any atom is -0.478 e. The van der Waals surface area contributed by atoms with Crippen molar-refractivity contribution in [2.24, 2.45) is 10.9 Å². The molecule has 0 bridgehead atoms. The number of allylic oxidation sites excluding steroid dienone is 1. The average molecular weight is 435 g/mol. The Kier molecular flexibility index (Phi) is 21.9. The number of hydrogen-bond acceptors (Lipinski definition) is 3. The van der Waals surface area contributed by atoms with Crippen molar-refractivity contribution in [3.05, 3.63) is 24.8 Å². The molecule has 2 N–H and O–H groups in total. The van der Waals surface area contributed by atoms with Crippen LogP contribution < -0.4 is 5.32 Å². The first-order valence-electron chi connectivity index (χ1n) is 13.0. The van der Waals surface area contributed by atoms with Crippen LogP contribution in [-0.2, 0) is 4.79 Å². The van der Waals surface area contributed by atoms with Crippen LogP contribution in [0.15, 0.2) is 29.8 Å². The Bertz CT molecular complexity index is 486. The number of unbranched alkanes of at least 4 members (excludes halogenated alkanes) is 13. The number of carbonyl (C=O) groups is 1. The summed E-state index contributed by atoms with van der Waals surface area (Å²) in [6.45, 7) is 9.52. The normalized spacial score (nSPS) is 13.9. The summed E-state index contributed by atoms with van der Waals surface area (Å²) in [5, 5.41) is 11.1. The van der Waals surface area contributed by atoms with E-state index >= 15 is 0 Å². The molecule has 180 valence electrons. The second-order valence-corrected chi connectivity index (χ2v) is 8.59. The molecule has 0 aliphatic carbocycles. The van der Waals surface area contributed by atoms with Crippen LogP contribution in [0.2, 0.25) is 0 Å². The van der Waals surface area contributed by atoms with E-state index in [2.05, 4.69) is 42.9 Å². The van der Waals surface area contributed by atoms with E-state index in [4.69, 9.17) is 5.11 Å². The van der Waals surface area contributed by atoms with Crippen LogP contribution in [0.3, 0.4) is 0 Å². The molecule has 0 amide bonds. The monoisotopic (exact) mass is 434 g/mol. The third-order valence-electron chi connectivity index (χ3n) is 5.69. The Morgan fingerprint density at radius 1 is 0.968 bits per heavy atom. The molecule has 4 heteroatoms. The van der Waals surface area contributed by atoms with Gasteiger partial charge < -0.3 is 10.4 Å². The quantitative estimate of drug-likeness (QED) is 0.124. The number of hydrogen-bond donors (Lipinski definition) is 2. The van der Waals surface area contributed by atoms with Crippen molar-refractivity contribution in [2.75, 3.05) is 13.1 Å². The van der Waals surface area contributed by atoms with Crippen LogP contribution >= 0.6 is 0 Å². The third-order valence-corrected chi connectivity index (χ3v) is 5.69. The first-order valence-corrected chi connectivity index (χ1v) is 13.0. The minimum atomic E-state index is -0.981. The van der Waals surface area contributed by atoms with Crippen LogP contribution in [0.5, 0.6) is 0 Å². The summed E-state index contributed by atoms with van der Waals surface area (Å²) in [6.07, 6.45) is 27.9. The molecule has 1 rings (SSSR count). The van der Waals surface area contributed by atoms with E-state index < -0.39 is 5.97 Å². The highest BCUT2D eigenvalue weighted by atomic mass is 16.4. The lowest BCUT2D eigenvalue weighted by Gasteiger charge is -2.13. The lowest BCUT2D eigenvalue weighted by Crippen LogP contribution is -2.25. The SMILES string of the molecule is C=CC(=O)O.CCCCCCCCCCCCCCC=CC(CCCC)C1=NCCN1. The molecular weight excluding hydrogens is 384 g/mol. The van der Waals surface area contributed by atoms with Crippen molar-refractivity contribution in [1.29, 1.82) is 0 Å². The lowest BCUT2D eigenvalue weighted by atomic mass is 9.99. The van der Waals surface area contributed by atoms with Gasteiger partial charge in [0.1, 0.15) is 5.84 Å². The second-order valence-electron chi connectivity index (χ2n) is 8.59. The van der Waals surface area contributed by atoms with Gasteiger partial charge in [-0.05, 0) is 19.3 Å². The maximum atomic E-state index is 9.25. The Balaban J connectivity index is 0.00000161. The molecule has 4 nitrogen and oxygen atoms in total. The van der Waals surface area contributed by atoms with Crippen LogP contribution in [-0.4, -0.2) is 30.0 Å². The Hall–Kier alpha value is -1.58. The highest BCUT2D eigenvalue weighted by molar-refractivity contribution is 5.87. The highest BCUT2D eigenvalue weighted by Crippen LogP contribution is 2.15. The van der Waals surface area contributed by atoms with E-state index in [0.29, 0.717) is 5.92 Å². The molecule has 0 saturated heterocycles. The first-order chi connectivity index (χ1) is 15.2. The number of amidine groups is 1. The summed E-state index contributed by atoms with van der Waals surface area (Å²) < 4.78 is 0. The molecule has 0 radical (unpaired) electrons. The number of carboxylic acid groups (broad SMARTS) is 1. The van der Waals surface area contributed by atoms with E-state index in [0.717, 1.165) is 19.2 Å². The zero-order valence-corrected chi connectivity index (χ0v) is 20.5. The van der Waals surface area contributed by atoms with Gasteiger partial charge in [0.15, 0.2) is 0 Å². The van der Waals surface area contributed by atoms with Gasteiger partial charge in [0.05, 0.1) is 6.54 Å².